The van der Waals surface area contributed by atoms with Crippen molar-refractivity contribution in [2.24, 2.45) is 5.92 Å². The average Bonchev–Trinajstić information content (AvgIpc) is 3.12. The van der Waals surface area contributed by atoms with E-state index in [1.54, 1.807) is 7.11 Å². The fourth-order valence-corrected chi connectivity index (χ4v) is 4.08. The van der Waals surface area contributed by atoms with Gasteiger partial charge in [0.05, 0.1) is 7.11 Å². The van der Waals surface area contributed by atoms with E-state index in [0.717, 1.165) is 68.7 Å². The number of hydrogen-bond acceptors (Lipinski definition) is 6. The minimum Gasteiger partial charge on any atom is -0.497 e. The molecule has 0 saturated carbocycles. The van der Waals surface area contributed by atoms with Crippen molar-refractivity contribution in [2.45, 2.75) is 38.1 Å². The largest absolute Gasteiger partial charge is 0.497 e. The summed E-state index contributed by atoms with van der Waals surface area (Å²) in [4.78, 5) is 19.2. The Morgan fingerprint density at radius 3 is 3.04 bits per heavy atom. The Kier molecular flexibility index (Phi) is 5.48. The van der Waals surface area contributed by atoms with Gasteiger partial charge in [-0.05, 0) is 56.8 Å². The zero-order valence-corrected chi connectivity index (χ0v) is 15.9. The number of amides is 1. The van der Waals surface area contributed by atoms with Gasteiger partial charge in [0.25, 0.3) is 6.01 Å². The summed E-state index contributed by atoms with van der Waals surface area (Å²) >= 11 is 0. The van der Waals surface area contributed by atoms with Gasteiger partial charge in [0, 0.05) is 31.6 Å². The first kappa shape index (κ1) is 18.1. The molecule has 7 nitrogen and oxygen atoms in total. The van der Waals surface area contributed by atoms with Crippen molar-refractivity contribution in [3.8, 4) is 5.75 Å². The number of piperidine rings is 2. The van der Waals surface area contributed by atoms with E-state index in [1.165, 1.54) is 0 Å². The molecule has 2 aliphatic heterocycles. The van der Waals surface area contributed by atoms with E-state index in [0.29, 0.717) is 24.4 Å². The fraction of sp³-hybridized carbons (Fsp3) is 0.600. The number of ether oxygens (including phenoxy) is 1. The molecule has 2 N–H and O–H groups in total. The zero-order chi connectivity index (χ0) is 18.6. The standard InChI is InChI=1S/C20H28N4O3/c1-26-16-4-5-18-17(12-16)23-20(27-18)24-10-2-3-14(13-24)11-19(25)22-15-6-8-21-9-7-15/h4-5,12,14-15,21H,2-3,6-11,13H2,1H3,(H,22,25). The summed E-state index contributed by atoms with van der Waals surface area (Å²) in [6, 6.07) is 6.61. The van der Waals surface area contributed by atoms with Gasteiger partial charge in [-0.25, -0.2) is 0 Å². The number of benzene rings is 1. The van der Waals surface area contributed by atoms with Gasteiger partial charge in [-0.2, -0.15) is 4.98 Å². The van der Waals surface area contributed by atoms with Crippen LogP contribution in [0.2, 0.25) is 0 Å². The highest BCUT2D eigenvalue weighted by molar-refractivity contribution is 5.77. The molecule has 146 valence electrons. The monoisotopic (exact) mass is 372 g/mol. The lowest BCUT2D eigenvalue weighted by Crippen LogP contribution is -2.44. The van der Waals surface area contributed by atoms with Crippen molar-refractivity contribution in [3.63, 3.8) is 0 Å². The molecule has 2 aromatic rings. The van der Waals surface area contributed by atoms with Crippen LogP contribution in [0, 0.1) is 5.92 Å². The molecule has 2 saturated heterocycles. The average molecular weight is 372 g/mol. The molecule has 7 heteroatoms. The topological polar surface area (TPSA) is 79.6 Å². The van der Waals surface area contributed by atoms with Crippen LogP contribution in [0.1, 0.15) is 32.1 Å². The van der Waals surface area contributed by atoms with Gasteiger partial charge >= 0.3 is 0 Å². The summed E-state index contributed by atoms with van der Waals surface area (Å²) in [6.07, 6.45) is 4.75. The number of hydrogen-bond donors (Lipinski definition) is 2. The van der Waals surface area contributed by atoms with Crippen LogP contribution < -0.4 is 20.3 Å². The van der Waals surface area contributed by atoms with Gasteiger partial charge in [-0.15, -0.1) is 0 Å². The third-order valence-corrected chi connectivity index (χ3v) is 5.55. The van der Waals surface area contributed by atoms with Gasteiger partial charge < -0.3 is 24.7 Å². The molecule has 1 unspecified atom stereocenters. The Morgan fingerprint density at radius 1 is 1.37 bits per heavy atom. The van der Waals surface area contributed by atoms with Crippen molar-refractivity contribution in [2.75, 3.05) is 38.2 Å². The summed E-state index contributed by atoms with van der Waals surface area (Å²) in [5.41, 5.74) is 1.56. The normalized spacial score (nSPS) is 21.4. The zero-order valence-electron chi connectivity index (χ0n) is 15.9. The molecule has 4 rings (SSSR count). The summed E-state index contributed by atoms with van der Waals surface area (Å²) in [6.45, 7) is 3.70. The lowest BCUT2D eigenvalue weighted by Gasteiger charge is -2.32. The van der Waals surface area contributed by atoms with Gasteiger partial charge in [0.2, 0.25) is 5.91 Å². The van der Waals surface area contributed by atoms with Crippen LogP contribution in [-0.4, -0.2) is 50.2 Å². The highest BCUT2D eigenvalue weighted by Crippen LogP contribution is 2.29. The molecule has 0 bridgehead atoms. The van der Waals surface area contributed by atoms with Crippen molar-refractivity contribution in [1.29, 1.82) is 0 Å². The van der Waals surface area contributed by atoms with Crippen LogP contribution >= 0.6 is 0 Å². The van der Waals surface area contributed by atoms with E-state index in [-0.39, 0.29) is 5.91 Å². The minimum absolute atomic E-state index is 0.177. The summed E-state index contributed by atoms with van der Waals surface area (Å²) in [5.74, 6) is 1.29. The Morgan fingerprint density at radius 2 is 2.22 bits per heavy atom. The number of rotatable bonds is 5. The van der Waals surface area contributed by atoms with Crippen molar-refractivity contribution >= 4 is 23.0 Å². The van der Waals surface area contributed by atoms with E-state index >= 15 is 0 Å². The molecule has 2 fully saturated rings. The van der Waals surface area contributed by atoms with Crippen molar-refractivity contribution in [3.05, 3.63) is 18.2 Å². The SMILES string of the molecule is COc1ccc2oc(N3CCCC(CC(=O)NC4CCNCC4)C3)nc2c1. The number of methoxy groups -OCH3 is 1. The number of carbonyl (C=O) groups is 1. The molecule has 1 aromatic heterocycles. The predicted octanol–water partition coefficient (Wildman–Crippen LogP) is 2.31. The molecule has 0 spiro atoms. The molecule has 27 heavy (non-hydrogen) atoms. The third kappa shape index (κ3) is 4.35. The highest BCUT2D eigenvalue weighted by atomic mass is 16.5. The van der Waals surface area contributed by atoms with Crippen molar-refractivity contribution < 1.29 is 13.9 Å². The highest BCUT2D eigenvalue weighted by Gasteiger charge is 2.26. The minimum atomic E-state index is 0.177. The smallest absolute Gasteiger partial charge is 0.298 e. The first-order chi connectivity index (χ1) is 13.2. The molecular formula is C20H28N4O3. The van der Waals surface area contributed by atoms with Crippen LogP contribution in [0.3, 0.4) is 0 Å². The van der Waals surface area contributed by atoms with Crippen LogP contribution in [0.25, 0.3) is 11.1 Å². The Balaban J connectivity index is 1.36. The van der Waals surface area contributed by atoms with Gasteiger partial charge in [0.1, 0.15) is 11.3 Å². The lowest BCUT2D eigenvalue weighted by atomic mass is 9.94. The summed E-state index contributed by atoms with van der Waals surface area (Å²) in [5, 5.41) is 6.53. The first-order valence-electron chi connectivity index (χ1n) is 9.91. The Hall–Kier alpha value is -2.28. The number of anilines is 1. The third-order valence-electron chi connectivity index (χ3n) is 5.55. The summed E-state index contributed by atoms with van der Waals surface area (Å²) < 4.78 is 11.2. The summed E-state index contributed by atoms with van der Waals surface area (Å²) in [7, 11) is 1.65. The number of nitrogens with one attached hydrogen (secondary N) is 2. The van der Waals surface area contributed by atoms with Crippen LogP contribution in [-0.2, 0) is 4.79 Å². The predicted molar refractivity (Wildman–Crippen MR) is 104 cm³/mol. The maximum absolute atomic E-state index is 12.4. The van der Waals surface area contributed by atoms with Crippen LogP contribution in [0.15, 0.2) is 22.6 Å². The van der Waals surface area contributed by atoms with E-state index in [1.807, 2.05) is 18.2 Å². The van der Waals surface area contributed by atoms with E-state index in [4.69, 9.17) is 9.15 Å². The molecule has 2 aliphatic rings. The number of aromatic nitrogens is 1. The van der Waals surface area contributed by atoms with E-state index in [2.05, 4.69) is 20.5 Å². The number of fused-ring (bicyclic) bond motifs is 1. The van der Waals surface area contributed by atoms with Crippen LogP contribution in [0.5, 0.6) is 5.75 Å². The number of oxazole rings is 1. The number of nitrogens with zero attached hydrogens (tertiary/aromatic N) is 2. The second-order valence-electron chi connectivity index (χ2n) is 7.58. The second kappa shape index (κ2) is 8.17. The molecule has 1 amide bonds. The maximum atomic E-state index is 12.4. The first-order valence-corrected chi connectivity index (χ1v) is 9.91. The second-order valence-corrected chi connectivity index (χ2v) is 7.58. The van der Waals surface area contributed by atoms with Gasteiger partial charge in [-0.3, -0.25) is 4.79 Å². The molecule has 0 aliphatic carbocycles. The van der Waals surface area contributed by atoms with Gasteiger partial charge in [0.15, 0.2) is 5.58 Å². The van der Waals surface area contributed by atoms with Crippen molar-refractivity contribution in [1.82, 2.24) is 15.6 Å². The molecule has 0 radical (unpaired) electrons. The molecule has 1 aromatic carbocycles. The molecule has 3 heterocycles. The van der Waals surface area contributed by atoms with Gasteiger partial charge in [-0.1, -0.05) is 0 Å². The van der Waals surface area contributed by atoms with E-state index < -0.39 is 0 Å². The molecular weight excluding hydrogens is 344 g/mol. The molecule has 1 atom stereocenters. The lowest BCUT2D eigenvalue weighted by molar-refractivity contribution is -0.122. The Labute approximate surface area is 159 Å². The quantitative estimate of drug-likeness (QED) is 0.838. The fourth-order valence-electron chi connectivity index (χ4n) is 4.08. The Bertz CT molecular complexity index is 785. The maximum Gasteiger partial charge on any atom is 0.298 e. The van der Waals surface area contributed by atoms with Crippen LogP contribution in [0.4, 0.5) is 6.01 Å². The van der Waals surface area contributed by atoms with E-state index in [9.17, 15) is 4.79 Å². The number of carbonyl (C=O) groups excluding carboxylic acids is 1.